The molecule has 28 heavy (non-hydrogen) atoms. The quantitative estimate of drug-likeness (QED) is 0.766. The van der Waals surface area contributed by atoms with Crippen molar-refractivity contribution in [3.63, 3.8) is 0 Å². The van der Waals surface area contributed by atoms with Crippen LogP contribution in [0.15, 0.2) is 42.7 Å². The summed E-state index contributed by atoms with van der Waals surface area (Å²) in [6.45, 7) is 1.83. The van der Waals surface area contributed by atoms with Crippen LogP contribution >= 0.6 is 0 Å². The third kappa shape index (κ3) is 5.13. The second-order valence-electron chi connectivity index (χ2n) is 6.73. The van der Waals surface area contributed by atoms with Gasteiger partial charge in [0.25, 0.3) is 0 Å². The van der Waals surface area contributed by atoms with Crippen LogP contribution in [0.2, 0.25) is 0 Å². The fraction of sp³-hybridized carbons (Fsp3) is 0.429. The summed E-state index contributed by atoms with van der Waals surface area (Å²) in [7, 11) is 3.19. The number of carbonyl (C=O) groups is 1. The molecule has 3 rings (SSSR count). The van der Waals surface area contributed by atoms with E-state index in [1.807, 2.05) is 36.5 Å². The summed E-state index contributed by atoms with van der Waals surface area (Å²) in [5, 5.41) is 6.05. The summed E-state index contributed by atoms with van der Waals surface area (Å²) in [4.78, 5) is 16.8. The summed E-state index contributed by atoms with van der Waals surface area (Å²) in [6, 6.07) is 9.17. The lowest BCUT2D eigenvalue weighted by Gasteiger charge is -2.31. The summed E-state index contributed by atoms with van der Waals surface area (Å²) >= 11 is 0. The molecule has 0 saturated carbocycles. The lowest BCUT2D eigenvalue weighted by molar-refractivity contribution is 0.0547. The van der Waals surface area contributed by atoms with E-state index in [-0.39, 0.29) is 12.1 Å². The van der Waals surface area contributed by atoms with E-state index in [9.17, 15) is 4.79 Å². The summed E-state index contributed by atoms with van der Waals surface area (Å²) in [6.07, 6.45) is 5.38. The molecule has 1 aliphatic heterocycles. The summed E-state index contributed by atoms with van der Waals surface area (Å²) in [5.74, 6) is 1.62. The number of amides is 2. The smallest absolute Gasteiger partial charge is 0.315 e. The number of methoxy groups -OCH3 is 2. The number of rotatable bonds is 7. The molecule has 1 aromatic carbocycles. The number of hydrogen-bond donors (Lipinski definition) is 2. The molecule has 0 radical (unpaired) electrons. The Labute approximate surface area is 165 Å². The van der Waals surface area contributed by atoms with Gasteiger partial charge in [-0.2, -0.15) is 0 Å². The van der Waals surface area contributed by atoms with Crippen molar-refractivity contribution in [2.24, 2.45) is 5.92 Å². The van der Waals surface area contributed by atoms with E-state index in [0.29, 0.717) is 24.0 Å². The molecule has 0 aliphatic carbocycles. The second-order valence-corrected chi connectivity index (χ2v) is 6.73. The highest BCUT2D eigenvalue weighted by Gasteiger charge is 2.27. The van der Waals surface area contributed by atoms with Gasteiger partial charge in [-0.05, 0) is 48.1 Å². The number of urea groups is 1. The van der Waals surface area contributed by atoms with Crippen LogP contribution in [0.3, 0.4) is 0 Å². The fourth-order valence-corrected chi connectivity index (χ4v) is 3.45. The Morgan fingerprint density at radius 3 is 2.68 bits per heavy atom. The third-order valence-corrected chi connectivity index (χ3v) is 4.97. The normalized spacial score (nSPS) is 15.5. The van der Waals surface area contributed by atoms with Crippen molar-refractivity contribution in [2.75, 3.05) is 27.4 Å². The molecule has 150 valence electrons. The molecule has 1 aliphatic rings. The monoisotopic (exact) mass is 385 g/mol. The maximum absolute atomic E-state index is 12.6. The Balaban J connectivity index is 1.63. The highest BCUT2D eigenvalue weighted by Crippen LogP contribution is 2.30. The van der Waals surface area contributed by atoms with Crippen molar-refractivity contribution in [1.82, 2.24) is 15.6 Å². The van der Waals surface area contributed by atoms with Gasteiger partial charge in [0.2, 0.25) is 0 Å². The average Bonchev–Trinajstić information content (AvgIpc) is 2.77. The largest absolute Gasteiger partial charge is 0.493 e. The summed E-state index contributed by atoms with van der Waals surface area (Å²) < 4.78 is 16.0. The SMILES string of the molecule is COc1ccc(CNC(=O)N[C@H](c2cccnc2)C2CCOCC2)cc1OC. The average molecular weight is 385 g/mol. The van der Waals surface area contributed by atoms with E-state index in [1.54, 1.807) is 20.4 Å². The third-order valence-electron chi connectivity index (χ3n) is 4.97. The number of hydrogen-bond acceptors (Lipinski definition) is 5. The van der Waals surface area contributed by atoms with E-state index in [4.69, 9.17) is 14.2 Å². The molecular weight excluding hydrogens is 358 g/mol. The van der Waals surface area contributed by atoms with E-state index in [0.717, 1.165) is 37.2 Å². The van der Waals surface area contributed by atoms with Crippen LogP contribution in [0, 0.1) is 5.92 Å². The number of aromatic nitrogens is 1. The van der Waals surface area contributed by atoms with Gasteiger partial charge in [0.05, 0.1) is 20.3 Å². The van der Waals surface area contributed by atoms with Crippen LogP contribution in [-0.4, -0.2) is 38.4 Å². The zero-order valence-corrected chi connectivity index (χ0v) is 16.3. The van der Waals surface area contributed by atoms with E-state index >= 15 is 0 Å². The molecule has 1 saturated heterocycles. The summed E-state index contributed by atoms with van der Waals surface area (Å²) in [5.41, 5.74) is 1.94. The number of pyridine rings is 1. The molecule has 2 heterocycles. The first-order chi connectivity index (χ1) is 13.7. The minimum Gasteiger partial charge on any atom is -0.493 e. The Morgan fingerprint density at radius 1 is 1.21 bits per heavy atom. The minimum absolute atomic E-state index is 0.0944. The maximum Gasteiger partial charge on any atom is 0.315 e. The van der Waals surface area contributed by atoms with Crippen LogP contribution in [0.5, 0.6) is 11.5 Å². The number of benzene rings is 1. The number of ether oxygens (including phenoxy) is 3. The van der Waals surface area contributed by atoms with E-state index in [2.05, 4.69) is 15.6 Å². The van der Waals surface area contributed by atoms with Gasteiger partial charge < -0.3 is 24.8 Å². The molecule has 1 fully saturated rings. The topological polar surface area (TPSA) is 81.7 Å². The highest BCUT2D eigenvalue weighted by atomic mass is 16.5. The lowest BCUT2D eigenvalue weighted by Crippen LogP contribution is -2.41. The van der Waals surface area contributed by atoms with Crippen LogP contribution < -0.4 is 20.1 Å². The molecule has 0 unspecified atom stereocenters. The zero-order valence-electron chi connectivity index (χ0n) is 16.3. The first-order valence-corrected chi connectivity index (χ1v) is 9.44. The van der Waals surface area contributed by atoms with Crippen molar-refractivity contribution in [2.45, 2.75) is 25.4 Å². The second kappa shape index (κ2) is 9.94. The number of nitrogens with one attached hydrogen (secondary N) is 2. The molecular formula is C21H27N3O4. The number of nitrogens with zero attached hydrogens (tertiary/aromatic N) is 1. The fourth-order valence-electron chi connectivity index (χ4n) is 3.45. The molecule has 2 aromatic rings. The van der Waals surface area contributed by atoms with Gasteiger partial charge in [0.1, 0.15) is 0 Å². The van der Waals surface area contributed by atoms with Gasteiger partial charge in [-0.3, -0.25) is 4.98 Å². The standard InChI is InChI=1S/C21H27N3O4/c1-26-18-6-5-15(12-19(18)27-2)13-23-21(25)24-20(16-7-10-28-11-8-16)17-4-3-9-22-14-17/h3-6,9,12,14,16,20H,7-8,10-11,13H2,1-2H3,(H2,23,24,25)/t20-/m0/s1. The van der Waals surface area contributed by atoms with Crippen LogP contribution in [-0.2, 0) is 11.3 Å². The molecule has 7 nitrogen and oxygen atoms in total. The van der Waals surface area contributed by atoms with Crippen molar-refractivity contribution < 1.29 is 19.0 Å². The number of carbonyl (C=O) groups excluding carboxylic acids is 1. The molecule has 7 heteroatoms. The van der Waals surface area contributed by atoms with Gasteiger partial charge in [0.15, 0.2) is 11.5 Å². The molecule has 1 aromatic heterocycles. The van der Waals surface area contributed by atoms with Gasteiger partial charge in [-0.15, -0.1) is 0 Å². The molecule has 2 amide bonds. The highest BCUT2D eigenvalue weighted by molar-refractivity contribution is 5.74. The van der Waals surface area contributed by atoms with Crippen molar-refractivity contribution >= 4 is 6.03 Å². The lowest BCUT2D eigenvalue weighted by atomic mass is 9.88. The predicted octanol–water partition coefficient (Wildman–Crippen LogP) is 3.07. The first-order valence-electron chi connectivity index (χ1n) is 9.44. The van der Waals surface area contributed by atoms with Gasteiger partial charge in [-0.1, -0.05) is 12.1 Å². The Morgan fingerprint density at radius 2 is 2.00 bits per heavy atom. The predicted molar refractivity (Wildman–Crippen MR) is 105 cm³/mol. The van der Waals surface area contributed by atoms with Crippen molar-refractivity contribution in [1.29, 1.82) is 0 Å². The van der Waals surface area contributed by atoms with Crippen molar-refractivity contribution in [3.8, 4) is 11.5 Å². The van der Waals surface area contributed by atoms with Gasteiger partial charge >= 0.3 is 6.03 Å². The zero-order chi connectivity index (χ0) is 19.8. The van der Waals surface area contributed by atoms with Gasteiger partial charge in [0, 0.05) is 32.2 Å². The minimum atomic E-state index is -0.213. The van der Waals surface area contributed by atoms with Crippen molar-refractivity contribution in [3.05, 3.63) is 53.9 Å². The van der Waals surface area contributed by atoms with E-state index < -0.39 is 0 Å². The van der Waals surface area contributed by atoms with Crippen LogP contribution in [0.25, 0.3) is 0 Å². The van der Waals surface area contributed by atoms with Crippen LogP contribution in [0.4, 0.5) is 4.79 Å². The Bertz CT molecular complexity index is 764. The molecule has 0 spiro atoms. The maximum atomic E-state index is 12.6. The van der Waals surface area contributed by atoms with Gasteiger partial charge in [-0.25, -0.2) is 4.79 Å². The molecule has 1 atom stereocenters. The molecule has 0 bridgehead atoms. The van der Waals surface area contributed by atoms with E-state index in [1.165, 1.54) is 0 Å². The van der Waals surface area contributed by atoms with Crippen LogP contribution in [0.1, 0.15) is 30.0 Å². The molecule has 2 N–H and O–H groups in total. The first kappa shape index (κ1) is 19.9. The Hall–Kier alpha value is -2.80. The Kier molecular flexibility index (Phi) is 7.08.